The molecule has 3 rings (SSSR count). The summed E-state index contributed by atoms with van der Waals surface area (Å²) in [5.41, 5.74) is 3.58. The third kappa shape index (κ3) is 2.70. The largest absolute Gasteiger partial charge is 0.391 e. The van der Waals surface area contributed by atoms with Crippen molar-refractivity contribution in [2.45, 2.75) is 18.9 Å². The Morgan fingerprint density at radius 1 is 0.842 bits per heavy atom. The molecule has 2 aromatic rings. The summed E-state index contributed by atoms with van der Waals surface area (Å²) in [5, 5.41) is 10.2. The number of aliphatic hydroxyl groups is 1. The van der Waals surface area contributed by atoms with Crippen LogP contribution in [-0.2, 0) is 12.8 Å². The Balaban J connectivity index is 1.82. The van der Waals surface area contributed by atoms with Crippen molar-refractivity contribution in [1.29, 1.82) is 0 Å². The van der Waals surface area contributed by atoms with Crippen molar-refractivity contribution in [2.24, 2.45) is 5.92 Å². The van der Waals surface area contributed by atoms with E-state index in [1.807, 2.05) is 36.4 Å². The Hall–Kier alpha value is -2.04. The van der Waals surface area contributed by atoms with Crippen LogP contribution in [0.5, 0.6) is 0 Å². The van der Waals surface area contributed by atoms with Crippen molar-refractivity contribution in [3.63, 3.8) is 0 Å². The number of hydrogen-bond acceptors (Lipinski definition) is 1. The summed E-state index contributed by atoms with van der Waals surface area (Å²) in [5.74, 6) is 6.43. The summed E-state index contributed by atoms with van der Waals surface area (Å²) in [6.45, 7) is 0. The fourth-order valence-electron chi connectivity index (χ4n) is 2.54. The van der Waals surface area contributed by atoms with Crippen LogP contribution in [0.15, 0.2) is 54.6 Å². The van der Waals surface area contributed by atoms with Gasteiger partial charge >= 0.3 is 0 Å². The molecule has 1 aliphatic carbocycles. The van der Waals surface area contributed by atoms with E-state index < -0.39 is 0 Å². The highest BCUT2D eigenvalue weighted by Gasteiger charge is 2.24. The van der Waals surface area contributed by atoms with Crippen molar-refractivity contribution in [3.8, 4) is 11.8 Å². The number of rotatable bonds is 0. The fourth-order valence-corrected chi connectivity index (χ4v) is 2.54. The highest BCUT2D eigenvalue weighted by Crippen LogP contribution is 2.25. The first kappa shape index (κ1) is 12.0. The standard InChI is InChI=1S/C18H16O/c19-18-13-16-9-5-4-8-15(16)12-17(18)11-10-14-6-2-1-3-7-14/h1-9,17-19H,12-13H2. The Morgan fingerprint density at radius 3 is 2.21 bits per heavy atom. The maximum Gasteiger partial charge on any atom is 0.0721 e. The third-order valence-corrected chi connectivity index (χ3v) is 3.63. The van der Waals surface area contributed by atoms with E-state index >= 15 is 0 Å². The van der Waals surface area contributed by atoms with Crippen LogP contribution in [0.25, 0.3) is 0 Å². The first-order valence-electron chi connectivity index (χ1n) is 6.64. The molecule has 0 bridgehead atoms. The molecule has 0 heterocycles. The third-order valence-electron chi connectivity index (χ3n) is 3.63. The van der Waals surface area contributed by atoms with E-state index in [0.717, 1.165) is 12.0 Å². The van der Waals surface area contributed by atoms with Crippen LogP contribution in [0.3, 0.4) is 0 Å². The summed E-state index contributed by atoms with van der Waals surface area (Å²) in [6.07, 6.45) is 1.20. The molecule has 94 valence electrons. The number of aliphatic hydroxyl groups excluding tert-OH is 1. The summed E-state index contributed by atoms with van der Waals surface area (Å²) >= 11 is 0. The van der Waals surface area contributed by atoms with E-state index in [4.69, 9.17) is 0 Å². The van der Waals surface area contributed by atoms with Gasteiger partial charge in [0.1, 0.15) is 0 Å². The Morgan fingerprint density at radius 2 is 1.47 bits per heavy atom. The second-order valence-electron chi connectivity index (χ2n) is 4.99. The van der Waals surface area contributed by atoms with Gasteiger partial charge in [0.15, 0.2) is 0 Å². The average molecular weight is 248 g/mol. The molecule has 2 unspecified atom stereocenters. The second-order valence-corrected chi connectivity index (χ2v) is 4.99. The predicted octanol–water partition coefficient (Wildman–Crippen LogP) is 2.81. The van der Waals surface area contributed by atoms with Crippen LogP contribution in [0, 0.1) is 17.8 Å². The van der Waals surface area contributed by atoms with Crippen molar-refractivity contribution in [3.05, 3.63) is 71.3 Å². The van der Waals surface area contributed by atoms with Crippen LogP contribution in [0.2, 0.25) is 0 Å². The van der Waals surface area contributed by atoms with Gasteiger partial charge in [-0.15, -0.1) is 0 Å². The first-order chi connectivity index (χ1) is 9.33. The fraction of sp³-hybridized carbons (Fsp3) is 0.222. The lowest BCUT2D eigenvalue weighted by molar-refractivity contribution is 0.126. The van der Waals surface area contributed by atoms with Crippen LogP contribution >= 0.6 is 0 Å². The average Bonchev–Trinajstić information content (AvgIpc) is 2.46. The summed E-state index contributed by atoms with van der Waals surface area (Å²) in [6, 6.07) is 18.3. The number of benzene rings is 2. The van der Waals surface area contributed by atoms with Crippen LogP contribution < -0.4 is 0 Å². The minimum atomic E-state index is -0.355. The van der Waals surface area contributed by atoms with Gasteiger partial charge in [0.2, 0.25) is 0 Å². The SMILES string of the molecule is OC1Cc2ccccc2CC1C#Cc1ccccc1. The molecule has 0 radical (unpaired) electrons. The molecule has 2 atom stereocenters. The van der Waals surface area contributed by atoms with Gasteiger partial charge in [-0.1, -0.05) is 54.3 Å². The monoisotopic (exact) mass is 248 g/mol. The maximum atomic E-state index is 10.2. The summed E-state index contributed by atoms with van der Waals surface area (Å²) in [7, 11) is 0. The molecule has 1 N–H and O–H groups in total. The molecule has 1 nitrogen and oxygen atoms in total. The molecule has 2 aromatic carbocycles. The molecule has 0 amide bonds. The van der Waals surface area contributed by atoms with Gasteiger partial charge in [0.25, 0.3) is 0 Å². The lowest BCUT2D eigenvalue weighted by Gasteiger charge is -2.26. The molecule has 0 aromatic heterocycles. The van der Waals surface area contributed by atoms with Gasteiger partial charge in [0, 0.05) is 5.56 Å². The maximum absolute atomic E-state index is 10.2. The highest BCUT2D eigenvalue weighted by atomic mass is 16.3. The van der Waals surface area contributed by atoms with Gasteiger partial charge in [-0.05, 0) is 36.1 Å². The van der Waals surface area contributed by atoms with Crippen molar-refractivity contribution in [1.82, 2.24) is 0 Å². The van der Waals surface area contributed by atoms with E-state index in [2.05, 4.69) is 30.0 Å². The van der Waals surface area contributed by atoms with E-state index in [1.165, 1.54) is 11.1 Å². The quantitative estimate of drug-likeness (QED) is 0.711. The molecule has 1 heteroatoms. The molecule has 0 saturated heterocycles. The summed E-state index contributed by atoms with van der Waals surface area (Å²) in [4.78, 5) is 0. The first-order valence-corrected chi connectivity index (χ1v) is 6.64. The van der Waals surface area contributed by atoms with Gasteiger partial charge in [-0.2, -0.15) is 0 Å². The van der Waals surface area contributed by atoms with E-state index in [1.54, 1.807) is 0 Å². The van der Waals surface area contributed by atoms with Gasteiger partial charge < -0.3 is 5.11 Å². The minimum Gasteiger partial charge on any atom is -0.391 e. The summed E-state index contributed by atoms with van der Waals surface area (Å²) < 4.78 is 0. The van der Waals surface area contributed by atoms with E-state index in [-0.39, 0.29) is 12.0 Å². The number of hydrogen-bond donors (Lipinski definition) is 1. The molecule has 1 aliphatic rings. The van der Waals surface area contributed by atoms with Crippen LogP contribution in [-0.4, -0.2) is 11.2 Å². The molecule has 0 aliphatic heterocycles. The molecule has 0 saturated carbocycles. The Bertz CT molecular complexity index is 619. The van der Waals surface area contributed by atoms with Crippen molar-refractivity contribution >= 4 is 0 Å². The Kier molecular flexibility index (Phi) is 3.35. The smallest absolute Gasteiger partial charge is 0.0721 e. The molecular formula is C18H16O. The van der Waals surface area contributed by atoms with Crippen molar-refractivity contribution in [2.75, 3.05) is 0 Å². The zero-order valence-corrected chi connectivity index (χ0v) is 10.7. The van der Waals surface area contributed by atoms with Gasteiger partial charge in [-0.25, -0.2) is 0 Å². The van der Waals surface area contributed by atoms with Crippen molar-refractivity contribution < 1.29 is 5.11 Å². The second kappa shape index (κ2) is 5.30. The topological polar surface area (TPSA) is 20.2 Å². The Labute approximate surface area is 113 Å². The number of fused-ring (bicyclic) bond motifs is 1. The molecular weight excluding hydrogens is 232 g/mol. The van der Waals surface area contributed by atoms with Crippen LogP contribution in [0.1, 0.15) is 16.7 Å². The zero-order chi connectivity index (χ0) is 13.1. The molecule has 0 fully saturated rings. The van der Waals surface area contributed by atoms with E-state index in [9.17, 15) is 5.11 Å². The predicted molar refractivity (Wildman–Crippen MR) is 76.7 cm³/mol. The molecule has 19 heavy (non-hydrogen) atoms. The lowest BCUT2D eigenvalue weighted by atomic mass is 9.82. The highest BCUT2D eigenvalue weighted by molar-refractivity contribution is 5.37. The normalized spacial score (nSPS) is 21.1. The lowest BCUT2D eigenvalue weighted by Crippen LogP contribution is -2.28. The molecule has 0 spiro atoms. The van der Waals surface area contributed by atoms with E-state index in [0.29, 0.717) is 6.42 Å². The minimum absolute atomic E-state index is 0.0371. The zero-order valence-electron chi connectivity index (χ0n) is 10.7. The van der Waals surface area contributed by atoms with Gasteiger partial charge in [-0.3, -0.25) is 0 Å². The van der Waals surface area contributed by atoms with Gasteiger partial charge in [0.05, 0.1) is 12.0 Å². The van der Waals surface area contributed by atoms with Crippen LogP contribution in [0.4, 0.5) is 0 Å².